The lowest BCUT2D eigenvalue weighted by Gasteiger charge is -2.22. The fourth-order valence-electron chi connectivity index (χ4n) is 3.14. The molecule has 0 atom stereocenters. The molecular weight excluding hydrogens is 422 g/mol. The third-order valence-electron chi connectivity index (χ3n) is 4.58. The van der Waals surface area contributed by atoms with Gasteiger partial charge in [-0.1, -0.05) is 36.4 Å². The molecule has 3 aromatic rings. The quantitative estimate of drug-likeness (QED) is 0.432. The van der Waals surface area contributed by atoms with Gasteiger partial charge in [0.1, 0.15) is 0 Å². The Balaban J connectivity index is 2.18. The zero-order chi connectivity index (χ0) is 23.4. The Labute approximate surface area is 179 Å². The van der Waals surface area contributed by atoms with Gasteiger partial charge in [0.05, 0.1) is 33.6 Å². The minimum Gasteiger partial charge on any atom is -0.481 e. The average Bonchev–Trinajstić information content (AvgIpc) is 2.77. The van der Waals surface area contributed by atoms with Crippen molar-refractivity contribution < 1.29 is 29.3 Å². The summed E-state index contributed by atoms with van der Waals surface area (Å²) < 4.78 is 0. The number of nitro groups is 2. The number of fused-ring (bicyclic) bond motifs is 1. The molecule has 11 nitrogen and oxygen atoms in total. The van der Waals surface area contributed by atoms with Gasteiger partial charge in [-0.25, -0.2) is 4.90 Å². The Morgan fingerprint density at radius 3 is 2.03 bits per heavy atom. The summed E-state index contributed by atoms with van der Waals surface area (Å²) in [7, 11) is 0. The molecule has 0 fully saturated rings. The number of hydrogen-bond acceptors (Lipinski definition) is 7. The highest BCUT2D eigenvalue weighted by atomic mass is 16.6. The van der Waals surface area contributed by atoms with E-state index in [1.165, 1.54) is 6.07 Å². The number of benzene rings is 3. The maximum absolute atomic E-state index is 13.3. The van der Waals surface area contributed by atoms with Crippen molar-refractivity contribution in [2.45, 2.75) is 12.8 Å². The molecule has 0 bridgehead atoms. The number of carboxylic acids is 1. The molecule has 0 aliphatic rings. The second-order valence-corrected chi connectivity index (χ2v) is 6.68. The first kappa shape index (κ1) is 22.0. The molecule has 0 radical (unpaired) electrons. The topological polar surface area (TPSA) is 161 Å². The summed E-state index contributed by atoms with van der Waals surface area (Å²) in [5.74, 6) is -3.18. The van der Waals surface area contributed by atoms with E-state index in [0.717, 1.165) is 12.1 Å². The first-order valence-corrected chi connectivity index (χ1v) is 9.19. The number of carbonyl (C=O) groups is 3. The van der Waals surface area contributed by atoms with Crippen LogP contribution in [0.2, 0.25) is 0 Å². The number of amides is 2. The van der Waals surface area contributed by atoms with E-state index in [0.29, 0.717) is 21.7 Å². The van der Waals surface area contributed by atoms with E-state index < -0.39 is 57.4 Å². The smallest absolute Gasteiger partial charge is 0.303 e. The van der Waals surface area contributed by atoms with E-state index in [4.69, 9.17) is 5.11 Å². The van der Waals surface area contributed by atoms with Crippen LogP contribution >= 0.6 is 0 Å². The molecule has 0 spiro atoms. The molecule has 0 heterocycles. The number of nitrogens with zero attached hydrogens (tertiary/aromatic N) is 3. The van der Waals surface area contributed by atoms with Crippen molar-refractivity contribution >= 4 is 45.6 Å². The molecule has 0 saturated heterocycles. The van der Waals surface area contributed by atoms with E-state index in [1.807, 2.05) is 0 Å². The highest BCUT2D eigenvalue weighted by Crippen LogP contribution is 2.30. The number of aliphatic carboxylic acids is 1. The van der Waals surface area contributed by atoms with Crippen LogP contribution in [0.15, 0.2) is 60.7 Å². The van der Waals surface area contributed by atoms with Gasteiger partial charge >= 0.3 is 5.97 Å². The number of non-ortho nitro benzene ring substituents is 2. The van der Waals surface area contributed by atoms with Gasteiger partial charge in [-0.2, -0.15) is 0 Å². The van der Waals surface area contributed by atoms with Crippen LogP contribution in [-0.2, 0) is 9.59 Å². The van der Waals surface area contributed by atoms with Crippen molar-refractivity contribution in [1.82, 2.24) is 0 Å². The molecule has 0 saturated carbocycles. The van der Waals surface area contributed by atoms with Gasteiger partial charge in [0.15, 0.2) is 0 Å². The Bertz CT molecular complexity index is 1230. The lowest BCUT2D eigenvalue weighted by molar-refractivity contribution is -0.394. The summed E-state index contributed by atoms with van der Waals surface area (Å²) in [6, 6.07) is 13.9. The van der Waals surface area contributed by atoms with Crippen molar-refractivity contribution in [2.24, 2.45) is 0 Å². The van der Waals surface area contributed by atoms with Crippen LogP contribution in [-0.4, -0.2) is 32.7 Å². The summed E-state index contributed by atoms with van der Waals surface area (Å²) in [5, 5.41) is 32.5. The fourth-order valence-corrected chi connectivity index (χ4v) is 3.14. The van der Waals surface area contributed by atoms with Crippen LogP contribution in [0.4, 0.5) is 17.1 Å². The lowest BCUT2D eigenvalue weighted by atomic mass is 10.1. The largest absolute Gasteiger partial charge is 0.481 e. The van der Waals surface area contributed by atoms with Gasteiger partial charge in [-0.05, 0) is 11.5 Å². The molecule has 3 rings (SSSR count). The second-order valence-electron chi connectivity index (χ2n) is 6.68. The number of rotatable bonds is 7. The monoisotopic (exact) mass is 437 g/mol. The number of nitro benzene ring substituents is 2. The molecular formula is C21H15N3O8. The van der Waals surface area contributed by atoms with Crippen LogP contribution < -0.4 is 4.90 Å². The van der Waals surface area contributed by atoms with Crippen LogP contribution in [0.25, 0.3) is 10.8 Å². The van der Waals surface area contributed by atoms with E-state index in [9.17, 15) is 34.6 Å². The number of carbonyl (C=O) groups excluding carboxylic acids is 2. The third kappa shape index (κ3) is 4.56. The Morgan fingerprint density at radius 2 is 1.44 bits per heavy atom. The van der Waals surface area contributed by atoms with Gasteiger partial charge in [0.2, 0.25) is 5.91 Å². The maximum Gasteiger partial charge on any atom is 0.303 e. The van der Waals surface area contributed by atoms with Gasteiger partial charge in [-0.3, -0.25) is 34.6 Å². The molecule has 0 aliphatic heterocycles. The number of hydrogen-bond donors (Lipinski definition) is 1. The Morgan fingerprint density at radius 1 is 0.844 bits per heavy atom. The highest BCUT2D eigenvalue weighted by Gasteiger charge is 2.29. The van der Waals surface area contributed by atoms with Crippen molar-refractivity contribution in [2.75, 3.05) is 4.90 Å². The standard InChI is InChI=1S/C21H15N3O8/c25-19(8-9-20(26)27)22(18-7-3-5-13-4-1-2-6-17(13)18)21(28)14-10-15(23(29)30)12-16(11-14)24(31)32/h1-7,10-12H,8-9H2,(H,26,27). The predicted octanol–water partition coefficient (Wildman–Crippen LogP) is 3.69. The summed E-state index contributed by atoms with van der Waals surface area (Å²) in [4.78, 5) is 58.5. The maximum atomic E-state index is 13.3. The van der Waals surface area contributed by atoms with Crippen LogP contribution in [0.5, 0.6) is 0 Å². The molecule has 0 aromatic heterocycles. The van der Waals surface area contributed by atoms with Gasteiger partial charge in [-0.15, -0.1) is 0 Å². The van der Waals surface area contributed by atoms with E-state index in [2.05, 4.69) is 0 Å². The van der Waals surface area contributed by atoms with Crippen molar-refractivity contribution in [1.29, 1.82) is 0 Å². The van der Waals surface area contributed by atoms with Crippen molar-refractivity contribution in [3.63, 3.8) is 0 Å². The fraction of sp³-hybridized carbons (Fsp3) is 0.0952. The molecule has 2 amide bonds. The Kier molecular flexibility index (Phi) is 6.19. The number of anilines is 1. The summed E-state index contributed by atoms with van der Waals surface area (Å²) in [6.07, 6.45) is -1.08. The molecule has 11 heteroatoms. The van der Waals surface area contributed by atoms with Gasteiger partial charge in [0.25, 0.3) is 17.3 Å². The molecule has 162 valence electrons. The van der Waals surface area contributed by atoms with Crippen LogP contribution in [0.3, 0.4) is 0 Å². The van der Waals surface area contributed by atoms with E-state index in [1.54, 1.807) is 36.4 Å². The highest BCUT2D eigenvalue weighted by molar-refractivity contribution is 6.24. The second kappa shape index (κ2) is 9.00. The van der Waals surface area contributed by atoms with Gasteiger partial charge in [0, 0.05) is 23.9 Å². The third-order valence-corrected chi connectivity index (χ3v) is 4.58. The van der Waals surface area contributed by atoms with Gasteiger partial charge < -0.3 is 5.11 Å². The molecule has 0 unspecified atom stereocenters. The van der Waals surface area contributed by atoms with Crippen LogP contribution in [0, 0.1) is 20.2 Å². The first-order valence-electron chi connectivity index (χ1n) is 9.19. The first-order chi connectivity index (χ1) is 15.2. The average molecular weight is 437 g/mol. The summed E-state index contributed by atoms with van der Waals surface area (Å²) in [6.45, 7) is 0. The van der Waals surface area contributed by atoms with Crippen molar-refractivity contribution in [3.8, 4) is 0 Å². The number of carboxylic acid groups (broad SMARTS) is 1. The summed E-state index contributed by atoms with van der Waals surface area (Å²) >= 11 is 0. The normalized spacial score (nSPS) is 10.5. The SMILES string of the molecule is O=C(O)CCC(=O)N(C(=O)c1cc([N+](=O)[O-])cc([N+](=O)[O-])c1)c1cccc2ccccc12. The van der Waals surface area contributed by atoms with Crippen LogP contribution in [0.1, 0.15) is 23.2 Å². The number of imide groups is 1. The zero-order valence-corrected chi connectivity index (χ0v) is 16.3. The van der Waals surface area contributed by atoms with Crippen molar-refractivity contribution in [3.05, 3.63) is 86.5 Å². The summed E-state index contributed by atoms with van der Waals surface area (Å²) in [5.41, 5.74) is -1.73. The van der Waals surface area contributed by atoms with E-state index >= 15 is 0 Å². The Hall–Kier alpha value is -4.67. The predicted molar refractivity (Wildman–Crippen MR) is 112 cm³/mol. The lowest BCUT2D eigenvalue weighted by Crippen LogP contribution is -2.37. The molecule has 0 aliphatic carbocycles. The molecule has 3 aromatic carbocycles. The molecule has 32 heavy (non-hydrogen) atoms. The molecule has 1 N–H and O–H groups in total. The van der Waals surface area contributed by atoms with E-state index in [-0.39, 0.29) is 5.69 Å². The minimum atomic E-state index is -1.25. The minimum absolute atomic E-state index is 0.123. The zero-order valence-electron chi connectivity index (χ0n) is 16.3.